The van der Waals surface area contributed by atoms with Gasteiger partial charge in [-0.2, -0.15) is 0 Å². The van der Waals surface area contributed by atoms with E-state index in [0.29, 0.717) is 0 Å². The van der Waals surface area contributed by atoms with Gasteiger partial charge < -0.3 is 13.9 Å². The molecule has 12 aromatic rings. The van der Waals surface area contributed by atoms with E-state index in [4.69, 9.17) is 4.42 Å². The lowest BCUT2D eigenvalue weighted by Gasteiger charge is -2.30. The summed E-state index contributed by atoms with van der Waals surface area (Å²) in [7, 11) is 0. The van der Waals surface area contributed by atoms with Crippen LogP contribution in [0.5, 0.6) is 0 Å². The zero-order valence-corrected chi connectivity index (χ0v) is 34.4. The molecule has 0 radical (unpaired) electrons. The van der Waals surface area contributed by atoms with Gasteiger partial charge in [-0.1, -0.05) is 176 Å². The molecule has 0 aliphatic carbocycles. The summed E-state index contributed by atoms with van der Waals surface area (Å²) in [5.74, 6) is 0. The second-order valence-electron chi connectivity index (χ2n) is 16.1. The van der Waals surface area contributed by atoms with E-state index in [1.165, 1.54) is 32.9 Å². The molecule has 2 heterocycles. The molecule has 0 amide bonds. The third-order valence-electron chi connectivity index (χ3n) is 12.4. The fourth-order valence-electron chi connectivity index (χ4n) is 9.53. The Labute approximate surface area is 366 Å². The molecule has 0 N–H and O–H groups in total. The standard InChI is InChI=1S/C60H40N2O/c1-4-17-42(18-5-1)48-23-10-11-26-54(48)60-49(43-19-6-2-7-20-43)27-16-29-56(60)61(47-36-38-53-52-25-13-15-30-58(52)63-59(53)40-47)46-34-31-41(32-35-46)44-33-37-51-50-24-12-14-28-55(50)62(57(51)39-44)45-21-8-3-9-22-45/h1-40H. The van der Waals surface area contributed by atoms with Crippen molar-refractivity contribution in [3.05, 3.63) is 243 Å². The molecule has 12 rings (SSSR count). The molecule has 0 bridgehead atoms. The van der Waals surface area contributed by atoms with Crippen molar-refractivity contribution in [3.63, 3.8) is 0 Å². The number of rotatable bonds is 8. The van der Waals surface area contributed by atoms with Crippen molar-refractivity contribution < 1.29 is 4.42 Å². The molecule has 0 aliphatic rings. The highest BCUT2D eigenvalue weighted by Gasteiger charge is 2.24. The van der Waals surface area contributed by atoms with Crippen LogP contribution in [-0.4, -0.2) is 4.57 Å². The molecule has 0 saturated heterocycles. The van der Waals surface area contributed by atoms with E-state index in [9.17, 15) is 0 Å². The minimum absolute atomic E-state index is 0.850. The Balaban J connectivity index is 1.07. The molecule has 0 aliphatic heterocycles. The van der Waals surface area contributed by atoms with E-state index in [2.05, 4.69) is 240 Å². The van der Waals surface area contributed by atoms with Crippen LogP contribution in [0, 0.1) is 0 Å². The molecule has 0 spiro atoms. The highest BCUT2D eigenvalue weighted by Crippen LogP contribution is 2.49. The van der Waals surface area contributed by atoms with E-state index in [-0.39, 0.29) is 0 Å². The number of aromatic nitrogens is 1. The van der Waals surface area contributed by atoms with Crippen LogP contribution in [0.4, 0.5) is 17.1 Å². The first-order valence-electron chi connectivity index (χ1n) is 21.5. The van der Waals surface area contributed by atoms with Crippen molar-refractivity contribution in [1.82, 2.24) is 4.57 Å². The second-order valence-corrected chi connectivity index (χ2v) is 16.1. The Bertz CT molecular complexity index is 3600. The lowest BCUT2D eigenvalue weighted by atomic mass is 9.87. The highest BCUT2D eigenvalue weighted by molar-refractivity contribution is 6.11. The van der Waals surface area contributed by atoms with Crippen molar-refractivity contribution in [2.24, 2.45) is 0 Å². The summed E-state index contributed by atoms with van der Waals surface area (Å²) < 4.78 is 8.93. The minimum Gasteiger partial charge on any atom is -0.456 e. The number of para-hydroxylation sites is 3. The maximum Gasteiger partial charge on any atom is 0.137 e. The maximum atomic E-state index is 6.55. The average Bonchev–Trinajstić information content (AvgIpc) is 3.90. The normalized spacial score (nSPS) is 11.5. The summed E-state index contributed by atoms with van der Waals surface area (Å²) in [6.45, 7) is 0. The number of fused-ring (bicyclic) bond motifs is 6. The third kappa shape index (κ3) is 6.29. The lowest BCUT2D eigenvalue weighted by Crippen LogP contribution is -2.12. The van der Waals surface area contributed by atoms with E-state index in [1.54, 1.807) is 0 Å². The Hall–Kier alpha value is -8.40. The smallest absolute Gasteiger partial charge is 0.137 e. The van der Waals surface area contributed by atoms with Crippen LogP contribution in [0.2, 0.25) is 0 Å². The first-order valence-corrected chi connectivity index (χ1v) is 21.5. The number of hydrogen-bond acceptors (Lipinski definition) is 2. The van der Waals surface area contributed by atoms with Crippen LogP contribution in [0.3, 0.4) is 0 Å². The van der Waals surface area contributed by atoms with Gasteiger partial charge in [0.2, 0.25) is 0 Å². The molecule has 3 heteroatoms. The van der Waals surface area contributed by atoms with Gasteiger partial charge in [0.1, 0.15) is 11.2 Å². The quantitative estimate of drug-likeness (QED) is 0.153. The van der Waals surface area contributed by atoms with Crippen LogP contribution in [0.25, 0.3) is 93.9 Å². The number of benzene rings is 10. The van der Waals surface area contributed by atoms with Gasteiger partial charge in [-0.15, -0.1) is 0 Å². The molecule has 2 aromatic heterocycles. The summed E-state index contributed by atoms with van der Waals surface area (Å²) in [5.41, 5.74) is 17.6. The van der Waals surface area contributed by atoms with Gasteiger partial charge in [-0.25, -0.2) is 0 Å². The number of nitrogens with zero attached hydrogens (tertiary/aromatic N) is 2. The van der Waals surface area contributed by atoms with Crippen molar-refractivity contribution in [2.75, 3.05) is 4.90 Å². The van der Waals surface area contributed by atoms with Crippen LogP contribution in [0.15, 0.2) is 247 Å². The minimum atomic E-state index is 0.850. The fourth-order valence-corrected chi connectivity index (χ4v) is 9.53. The van der Waals surface area contributed by atoms with Crippen LogP contribution < -0.4 is 4.90 Å². The van der Waals surface area contributed by atoms with Gasteiger partial charge in [0.15, 0.2) is 0 Å². The molecule has 63 heavy (non-hydrogen) atoms. The molecule has 0 atom stereocenters. The molecular weight excluding hydrogens is 765 g/mol. The van der Waals surface area contributed by atoms with E-state index in [1.807, 2.05) is 12.1 Å². The van der Waals surface area contributed by atoms with Gasteiger partial charge in [0.05, 0.1) is 16.7 Å². The average molecular weight is 805 g/mol. The Morgan fingerprint density at radius 2 is 0.873 bits per heavy atom. The Kier molecular flexibility index (Phi) is 8.83. The molecule has 296 valence electrons. The molecule has 10 aromatic carbocycles. The molecule has 0 fully saturated rings. The summed E-state index contributed by atoms with van der Waals surface area (Å²) >= 11 is 0. The van der Waals surface area contributed by atoms with Gasteiger partial charge in [0, 0.05) is 50.2 Å². The van der Waals surface area contributed by atoms with E-state index in [0.717, 1.165) is 78.1 Å². The van der Waals surface area contributed by atoms with Crippen LogP contribution in [-0.2, 0) is 0 Å². The fraction of sp³-hybridized carbons (Fsp3) is 0. The number of furan rings is 1. The first-order chi connectivity index (χ1) is 31.3. The Morgan fingerprint density at radius 3 is 1.65 bits per heavy atom. The molecule has 0 unspecified atom stereocenters. The summed E-state index contributed by atoms with van der Waals surface area (Å²) in [6, 6.07) is 87.2. The predicted molar refractivity (Wildman–Crippen MR) is 264 cm³/mol. The predicted octanol–water partition coefficient (Wildman–Crippen LogP) is 16.8. The number of anilines is 3. The zero-order valence-electron chi connectivity index (χ0n) is 34.4. The van der Waals surface area contributed by atoms with Crippen molar-refractivity contribution in [2.45, 2.75) is 0 Å². The molecular formula is C60H40N2O. The number of hydrogen-bond donors (Lipinski definition) is 0. The summed E-state index contributed by atoms with van der Waals surface area (Å²) in [5, 5.41) is 4.70. The van der Waals surface area contributed by atoms with Crippen molar-refractivity contribution >= 4 is 60.8 Å². The SMILES string of the molecule is c1ccc(-c2ccccc2-c2c(-c3ccccc3)cccc2N(c2ccc(-c3ccc4c5ccccc5n(-c5ccccc5)c4c3)cc2)c2ccc3c(c2)oc2ccccc23)cc1. The van der Waals surface area contributed by atoms with Gasteiger partial charge in [0.25, 0.3) is 0 Å². The zero-order chi connectivity index (χ0) is 41.7. The largest absolute Gasteiger partial charge is 0.456 e. The lowest BCUT2D eigenvalue weighted by molar-refractivity contribution is 0.669. The first kappa shape index (κ1) is 36.5. The van der Waals surface area contributed by atoms with E-state index < -0.39 is 0 Å². The van der Waals surface area contributed by atoms with Gasteiger partial charge >= 0.3 is 0 Å². The van der Waals surface area contributed by atoms with Crippen molar-refractivity contribution in [3.8, 4) is 50.2 Å². The van der Waals surface area contributed by atoms with Crippen molar-refractivity contribution in [1.29, 1.82) is 0 Å². The van der Waals surface area contributed by atoms with E-state index >= 15 is 0 Å². The summed E-state index contributed by atoms with van der Waals surface area (Å²) in [4.78, 5) is 2.40. The molecule has 0 saturated carbocycles. The maximum absolute atomic E-state index is 6.55. The second kappa shape index (κ2) is 15.3. The molecule has 3 nitrogen and oxygen atoms in total. The third-order valence-corrected chi connectivity index (χ3v) is 12.4. The topological polar surface area (TPSA) is 21.3 Å². The monoisotopic (exact) mass is 804 g/mol. The highest BCUT2D eigenvalue weighted by atomic mass is 16.3. The van der Waals surface area contributed by atoms with Crippen LogP contribution in [0.1, 0.15) is 0 Å². The van der Waals surface area contributed by atoms with Crippen LogP contribution >= 0.6 is 0 Å². The van der Waals surface area contributed by atoms with Gasteiger partial charge in [-0.05, 0) is 99.6 Å². The Morgan fingerprint density at radius 1 is 0.317 bits per heavy atom. The van der Waals surface area contributed by atoms with Gasteiger partial charge in [-0.3, -0.25) is 0 Å². The summed E-state index contributed by atoms with van der Waals surface area (Å²) in [6.07, 6.45) is 0.